The molecule has 1 heterocycles. The summed E-state index contributed by atoms with van der Waals surface area (Å²) in [6, 6.07) is 6.64. The molecule has 0 spiro atoms. The maximum atomic E-state index is 11.9. The van der Waals surface area contributed by atoms with E-state index in [0.717, 1.165) is 0 Å². The second-order valence-corrected chi connectivity index (χ2v) is 4.40. The molecule has 0 radical (unpaired) electrons. The predicted molar refractivity (Wildman–Crippen MR) is 71.2 cm³/mol. The lowest BCUT2D eigenvalue weighted by molar-refractivity contribution is 0.0941. The van der Waals surface area contributed by atoms with Gasteiger partial charge in [0.2, 0.25) is 0 Å². The van der Waals surface area contributed by atoms with E-state index in [2.05, 4.69) is 31.3 Å². The fourth-order valence-electron chi connectivity index (χ4n) is 1.53. The minimum Gasteiger partial charge on any atom is -0.350 e. The Morgan fingerprint density at radius 1 is 1.25 bits per heavy atom. The van der Waals surface area contributed by atoms with Crippen LogP contribution < -0.4 is 10.6 Å². The van der Waals surface area contributed by atoms with E-state index in [1.54, 1.807) is 24.3 Å². The molecule has 3 N–H and O–H groups in total. The van der Waals surface area contributed by atoms with Crippen LogP contribution in [0.5, 0.6) is 0 Å². The van der Waals surface area contributed by atoms with E-state index in [9.17, 15) is 9.59 Å². The molecule has 0 aliphatic heterocycles. The van der Waals surface area contributed by atoms with Gasteiger partial charge < -0.3 is 10.6 Å². The molecule has 1 aromatic carbocycles. The number of hydrogen-bond acceptors (Lipinski definition) is 5. The van der Waals surface area contributed by atoms with Crippen LogP contribution >= 0.6 is 0 Å². The molecule has 0 saturated carbocycles. The van der Waals surface area contributed by atoms with E-state index in [1.165, 1.54) is 0 Å². The Morgan fingerprint density at radius 2 is 2.05 bits per heavy atom. The molecule has 0 saturated heterocycles. The zero-order valence-electron chi connectivity index (χ0n) is 11.0. The zero-order valence-corrected chi connectivity index (χ0v) is 11.0. The van der Waals surface area contributed by atoms with Crippen LogP contribution in [-0.2, 0) is 0 Å². The number of aromatic amines is 1. The Kier molecular flexibility index (Phi) is 4.04. The zero-order chi connectivity index (χ0) is 14.5. The molecule has 0 unspecified atom stereocenters. The van der Waals surface area contributed by atoms with Gasteiger partial charge in [0.25, 0.3) is 17.6 Å². The fourth-order valence-corrected chi connectivity index (χ4v) is 1.53. The second kappa shape index (κ2) is 5.91. The summed E-state index contributed by atoms with van der Waals surface area (Å²) < 4.78 is 0. The van der Waals surface area contributed by atoms with Crippen LogP contribution in [0, 0.1) is 0 Å². The Labute approximate surface area is 115 Å². The number of anilines is 1. The van der Waals surface area contributed by atoms with Gasteiger partial charge in [0, 0.05) is 17.3 Å². The van der Waals surface area contributed by atoms with Gasteiger partial charge >= 0.3 is 0 Å². The van der Waals surface area contributed by atoms with Crippen molar-refractivity contribution in [3.05, 3.63) is 35.7 Å². The Bertz CT molecular complexity index is 608. The normalized spacial score (nSPS) is 10.3. The number of nitrogens with one attached hydrogen (secondary N) is 3. The number of carbonyl (C=O) groups excluding carboxylic acids is 2. The molecular weight excluding hydrogens is 260 g/mol. The van der Waals surface area contributed by atoms with E-state index in [4.69, 9.17) is 0 Å². The second-order valence-electron chi connectivity index (χ2n) is 4.40. The minimum absolute atomic E-state index is 0.0417. The van der Waals surface area contributed by atoms with Gasteiger partial charge in [0.1, 0.15) is 0 Å². The number of rotatable bonds is 4. The van der Waals surface area contributed by atoms with Crippen LogP contribution in [0.4, 0.5) is 5.69 Å². The Hall–Kier alpha value is -2.77. The lowest BCUT2D eigenvalue weighted by atomic mass is 10.1. The highest BCUT2D eigenvalue weighted by Gasteiger charge is 2.12. The lowest BCUT2D eigenvalue weighted by Gasteiger charge is -2.09. The number of carbonyl (C=O) groups is 2. The van der Waals surface area contributed by atoms with Crippen LogP contribution in [0.25, 0.3) is 0 Å². The molecule has 0 atom stereocenters. The number of amides is 2. The average Bonchev–Trinajstić information content (AvgIpc) is 2.92. The van der Waals surface area contributed by atoms with Crippen molar-refractivity contribution >= 4 is 17.5 Å². The number of H-pyrrole nitrogens is 1. The van der Waals surface area contributed by atoms with Crippen LogP contribution in [-0.4, -0.2) is 38.5 Å². The third-order valence-corrected chi connectivity index (χ3v) is 2.35. The van der Waals surface area contributed by atoms with Crippen molar-refractivity contribution in [1.29, 1.82) is 0 Å². The lowest BCUT2D eigenvalue weighted by Crippen LogP contribution is -2.30. The van der Waals surface area contributed by atoms with Gasteiger partial charge in [-0.2, -0.15) is 5.21 Å². The van der Waals surface area contributed by atoms with Crippen molar-refractivity contribution in [1.82, 2.24) is 25.9 Å². The van der Waals surface area contributed by atoms with Gasteiger partial charge in [-0.1, -0.05) is 6.07 Å². The number of aromatic nitrogens is 4. The summed E-state index contributed by atoms with van der Waals surface area (Å²) in [5.41, 5.74) is 0.945. The van der Waals surface area contributed by atoms with Crippen LogP contribution in [0.15, 0.2) is 24.3 Å². The van der Waals surface area contributed by atoms with Gasteiger partial charge in [0.15, 0.2) is 0 Å². The summed E-state index contributed by atoms with van der Waals surface area (Å²) >= 11 is 0. The molecule has 2 aromatic rings. The number of tetrazole rings is 1. The van der Waals surface area contributed by atoms with Gasteiger partial charge in [-0.3, -0.25) is 9.59 Å². The first-order chi connectivity index (χ1) is 9.56. The van der Waals surface area contributed by atoms with Gasteiger partial charge in [-0.05, 0) is 37.3 Å². The predicted octanol–water partition coefficient (Wildman–Crippen LogP) is 0.590. The van der Waals surface area contributed by atoms with E-state index in [1.807, 2.05) is 13.8 Å². The molecule has 20 heavy (non-hydrogen) atoms. The van der Waals surface area contributed by atoms with Crippen molar-refractivity contribution < 1.29 is 9.59 Å². The monoisotopic (exact) mass is 274 g/mol. The highest BCUT2D eigenvalue weighted by atomic mass is 16.2. The molecule has 0 fully saturated rings. The smallest absolute Gasteiger partial charge is 0.297 e. The van der Waals surface area contributed by atoms with Gasteiger partial charge in [-0.15, -0.1) is 10.2 Å². The highest BCUT2D eigenvalue weighted by molar-refractivity contribution is 6.02. The van der Waals surface area contributed by atoms with Gasteiger partial charge in [-0.25, -0.2) is 0 Å². The topological polar surface area (TPSA) is 113 Å². The molecule has 0 aliphatic rings. The molecule has 8 heteroatoms. The van der Waals surface area contributed by atoms with Crippen molar-refractivity contribution in [2.24, 2.45) is 0 Å². The summed E-state index contributed by atoms with van der Waals surface area (Å²) in [6.45, 7) is 3.75. The molecule has 1 aromatic heterocycles. The van der Waals surface area contributed by atoms with E-state index in [0.29, 0.717) is 11.3 Å². The Morgan fingerprint density at radius 3 is 2.70 bits per heavy atom. The van der Waals surface area contributed by atoms with E-state index < -0.39 is 5.91 Å². The van der Waals surface area contributed by atoms with Crippen molar-refractivity contribution in [3.8, 4) is 0 Å². The molecule has 0 bridgehead atoms. The first-order valence-electron chi connectivity index (χ1n) is 6.02. The molecule has 8 nitrogen and oxygen atoms in total. The van der Waals surface area contributed by atoms with Crippen LogP contribution in [0.2, 0.25) is 0 Å². The maximum Gasteiger partial charge on any atom is 0.297 e. The number of benzene rings is 1. The standard InChI is InChI=1S/C12H14N6O2/c1-7(2)13-11(19)8-4-3-5-9(6-8)14-12(20)10-15-17-18-16-10/h3-7H,1-2H3,(H,13,19)(H,14,20)(H,15,16,17,18). The fraction of sp³-hybridized carbons (Fsp3) is 0.250. The number of nitrogens with zero attached hydrogens (tertiary/aromatic N) is 3. The van der Waals surface area contributed by atoms with Crippen LogP contribution in [0.3, 0.4) is 0 Å². The molecule has 2 amide bonds. The molecule has 0 aliphatic carbocycles. The minimum atomic E-state index is -0.500. The Balaban J connectivity index is 2.10. The summed E-state index contributed by atoms with van der Waals surface area (Å²) in [7, 11) is 0. The summed E-state index contributed by atoms with van der Waals surface area (Å²) in [4.78, 5) is 23.6. The third kappa shape index (κ3) is 3.37. The summed E-state index contributed by atoms with van der Waals surface area (Å²) in [6.07, 6.45) is 0. The third-order valence-electron chi connectivity index (χ3n) is 2.35. The van der Waals surface area contributed by atoms with E-state index in [-0.39, 0.29) is 17.8 Å². The SMILES string of the molecule is CC(C)NC(=O)c1cccc(NC(=O)c2nn[nH]n2)c1. The first-order valence-corrected chi connectivity index (χ1v) is 6.02. The maximum absolute atomic E-state index is 11.9. The average molecular weight is 274 g/mol. The number of hydrogen-bond donors (Lipinski definition) is 3. The van der Waals surface area contributed by atoms with Crippen molar-refractivity contribution in [2.45, 2.75) is 19.9 Å². The van der Waals surface area contributed by atoms with Crippen LogP contribution in [0.1, 0.15) is 34.8 Å². The summed E-state index contributed by atoms with van der Waals surface area (Å²) in [5.74, 6) is -0.766. The van der Waals surface area contributed by atoms with Crippen molar-refractivity contribution in [2.75, 3.05) is 5.32 Å². The summed E-state index contributed by atoms with van der Waals surface area (Å²) in [5, 5.41) is 18.0. The molecule has 2 rings (SSSR count). The molecular formula is C12H14N6O2. The largest absolute Gasteiger partial charge is 0.350 e. The first kappa shape index (κ1) is 13.7. The van der Waals surface area contributed by atoms with Crippen molar-refractivity contribution in [3.63, 3.8) is 0 Å². The van der Waals surface area contributed by atoms with Gasteiger partial charge in [0.05, 0.1) is 0 Å². The quantitative estimate of drug-likeness (QED) is 0.755. The highest BCUT2D eigenvalue weighted by Crippen LogP contribution is 2.11. The molecule has 104 valence electrons. The van der Waals surface area contributed by atoms with E-state index >= 15 is 0 Å².